The third kappa shape index (κ3) is 2.56. The first kappa shape index (κ1) is 11.7. The van der Waals surface area contributed by atoms with Crippen molar-refractivity contribution in [1.29, 1.82) is 0 Å². The highest BCUT2D eigenvalue weighted by Gasteiger charge is 2.47. The van der Waals surface area contributed by atoms with E-state index in [1.807, 2.05) is 30.3 Å². The summed E-state index contributed by atoms with van der Waals surface area (Å²) in [7, 11) is 0. The molecule has 18 heavy (non-hydrogen) atoms. The zero-order valence-electron chi connectivity index (χ0n) is 10.5. The van der Waals surface area contributed by atoms with Crippen LogP contribution in [0.3, 0.4) is 0 Å². The molecule has 0 radical (unpaired) electrons. The van der Waals surface area contributed by atoms with Crippen LogP contribution < -0.4 is 5.32 Å². The third-order valence-electron chi connectivity index (χ3n) is 4.15. The van der Waals surface area contributed by atoms with Crippen LogP contribution in [0.25, 0.3) is 0 Å². The maximum atomic E-state index is 12.0. The molecule has 2 aliphatic rings. The molecular formula is C15H19NO2. The lowest BCUT2D eigenvalue weighted by Gasteiger charge is -2.28. The molecular weight excluding hydrogens is 226 g/mol. The van der Waals surface area contributed by atoms with Crippen molar-refractivity contribution in [3.63, 3.8) is 0 Å². The second-order valence-electron chi connectivity index (χ2n) is 5.55. The van der Waals surface area contributed by atoms with E-state index < -0.39 is 0 Å². The molecule has 1 aliphatic carbocycles. The number of piperidine rings is 1. The monoisotopic (exact) mass is 245 g/mol. The van der Waals surface area contributed by atoms with Crippen LogP contribution in [0.2, 0.25) is 0 Å². The van der Waals surface area contributed by atoms with Crippen LogP contribution >= 0.6 is 0 Å². The predicted molar refractivity (Wildman–Crippen MR) is 68.9 cm³/mol. The van der Waals surface area contributed by atoms with Crippen LogP contribution in [0.5, 0.6) is 0 Å². The molecule has 1 heterocycles. The van der Waals surface area contributed by atoms with E-state index in [0.29, 0.717) is 12.0 Å². The van der Waals surface area contributed by atoms with E-state index in [1.54, 1.807) is 0 Å². The summed E-state index contributed by atoms with van der Waals surface area (Å²) in [6.45, 7) is 1.33. The van der Waals surface area contributed by atoms with Crippen LogP contribution in [0, 0.1) is 5.41 Å². The molecule has 3 nitrogen and oxygen atoms in total. The second kappa shape index (κ2) is 4.73. The molecule has 1 spiro atoms. The van der Waals surface area contributed by atoms with Crippen molar-refractivity contribution >= 4 is 5.97 Å². The number of benzene rings is 1. The number of hydrogen-bond donors (Lipinski definition) is 1. The lowest BCUT2D eigenvalue weighted by molar-refractivity contribution is -0.148. The van der Waals surface area contributed by atoms with Gasteiger partial charge in [-0.1, -0.05) is 30.3 Å². The Morgan fingerprint density at radius 3 is 2.78 bits per heavy atom. The molecule has 2 fully saturated rings. The van der Waals surface area contributed by atoms with Crippen molar-refractivity contribution in [1.82, 2.24) is 5.32 Å². The van der Waals surface area contributed by atoms with Gasteiger partial charge >= 0.3 is 5.97 Å². The van der Waals surface area contributed by atoms with Gasteiger partial charge in [0.25, 0.3) is 0 Å². The van der Waals surface area contributed by atoms with Crippen LogP contribution in [-0.2, 0) is 16.1 Å². The highest BCUT2D eigenvalue weighted by molar-refractivity contribution is 5.76. The number of carbonyl (C=O) groups excluding carboxylic acids is 1. The van der Waals surface area contributed by atoms with E-state index >= 15 is 0 Å². The standard InChI is InChI=1S/C15H19NO2/c17-14(18-11-12-4-2-1-3-5-12)13-10-15(6-7-15)8-9-16-13/h1-5,13,16H,6-11H2. The Kier molecular flexibility index (Phi) is 3.08. The summed E-state index contributed by atoms with van der Waals surface area (Å²) in [5.74, 6) is -0.0928. The Labute approximate surface area is 108 Å². The van der Waals surface area contributed by atoms with Crippen molar-refractivity contribution in [3.05, 3.63) is 35.9 Å². The van der Waals surface area contributed by atoms with E-state index in [9.17, 15) is 4.79 Å². The highest BCUT2D eigenvalue weighted by Crippen LogP contribution is 2.53. The number of carbonyl (C=O) groups is 1. The van der Waals surface area contributed by atoms with Gasteiger partial charge in [-0.3, -0.25) is 4.79 Å². The first-order valence-electron chi connectivity index (χ1n) is 6.71. The van der Waals surface area contributed by atoms with Gasteiger partial charge in [0.15, 0.2) is 0 Å². The summed E-state index contributed by atoms with van der Waals surface area (Å²) in [6.07, 6.45) is 4.75. The zero-order valence-corrected chi connectivity index (χ0v) is 10.5. The van der Waals surface area contributed by atoms with Crippen LogP contribution in [0.4, 0.5) is 0 Å². The Bertz CT molecular complexity index is 425. The number of rotatable bonds is 3. The molecule has 0 aromatic heterocycles. The predicted octanol–water partition coefficient (Wildman–Crippen LogP) is 2.26. The third-order valence-corrected chi connectivity index (χ3v) is 4.15. The maximum Gasteiger partial charge on any atom is 0.323 e. The normalized spacial score (nSPS) is 24.8. The molecule has 1 aromatic carbocycles. The van der Waals surface area contributed by atoms with E-state index in [-0.39, 0.29) is 12.0 Å². The van der Waals surface area contributed by atoms with E-state index in [0.717, 1.165) is 18.5 Å². The fourth-order valence-corrected chi connectivity index (χ4v) is 2.75. The maximum absolute atomic E-state index is 12.0. The molecule has 1 saturated heterocycles. The van der Waals surface area contributed by atoms with Gasteiger partial charge in [-0.15, -0.1) is 0 Å². The molecule has 96 valence electrons. The SMILES string of the molecule is O=C(OCc1ccccc1)C1CC2(CCN1)CC2. The minimum atomic E-state index is -0.0928. The average Bonchev–Trinajstić information content (AvgIpc) is 3.16. The van der Waals surface area contributed by atoms with E-state index in [2.05, 4.69) is 5.32 Å². The van der Waals surface area contributed by atoms with Crippen molar-refractivity contribution < 1.29 is 9.53 Å². The second-order valence-corrected chi connectivity index (χ2v) is 5.55. The average molecular weight is 245 g/mol. The molecule has 1 aliphatic heterocycles. The fourth-order valence-electron chi connectivity index (χ4n) is 2.75. The van der Waals surface area contributed by atoms with E-state index in [1.165, 1.54) is 19.3 Å². The van der Waals surface area contributed by atoms with Gasteiger partial charge < -0.3 is 10.1 Å². The summed E-state index contributed by atoms with van der Waals surface area (Å²) in [5, 5.41) is 3.28. The minimum Gasteiger partial charge on any atom is -0.460 e. The first-order valence-corrected chi connectivity index (χ1v) is 6.71. The number of ether oxygens (including phenoxy) is 1. The van der Waals surface area contributed by atoms with E-state index in [4.69, 9.17) is 4.74 Å². The molecule has 3 heteroatoms. The lowest BCUT2D eigenvalue weighted by atomic mass is 9.89. The van der Waals surface area contributed by atoms with Gasteiger partial charge in [0.2, 0.25) is 0 Å². The lowest BCUT2D eigenvalue weighted by Crippen LogP contribution is -2.45. The number of esters is 1. The van der Waals surface area contributed by atoms with Gasteiger partial charge in [-0.25, -0.2) is 0 Å². The van der Waals surface area contributed by atoms with Crippen molar-refractivity contribution in [3.8, 4) is 0 Å². The molecule has 3 rings (SSSR count). The summed E-state index contributed by atoms with van der Waals surface area (Å²) < 4.78 is 5.39. The van der Waals surface area contributed by atoms with Crippen molar-refractivity contribution in [2.24, 2.45) is 5.41 Å². The zero-order chi connectivity index (χ0) is 12.4. The van der Waals surface area contributed by atoms with Crippen molar-refractivity contribution in [2.45, 2.75) is 38.3 Å². The molecule has 1 saturated carbocycles. The number of hydrogen-bond acceptors (Lipinski definition) is 3. The summed E-state index contributed by atoms with van der Waals surface area (Å²) in [6, 6.07) is 9.74. The highest BCUT2D eigenvalue weighted by atomic mass is 16.5. The Morgan fingerprint density at radius 1 is 1.28 bits per heavy atom. The Morgan fingerprint density at radius 2 is 2.06 bits per heavy atom. The molecule has 1 atom stereocenters. The molecule has 1 unspecified atom stereocenters. The minimum absolute atomic E-state index is 0.0926. The van der Waals surface area contributed by atoms with Gasteiger partial charge in [-0.05, 0) is 43.2 Å². The topological polar surface area (TPSA) is 38.3 Å². The van der Waals surface area contributed by atoms with Crippen molar-refractivity contribution in [2.75, 3.05) is 6.54 Å². The molecule has 0 bridgehead atoms. The summed E-state index contributed by atoms with van der Waals surface area (Å²) in [4.78, 5) is 12.0. The molecule has 0 amide bonds. The van der Waals surface area contributed by atoms with Gasteiger partial charge in [0.1, 0.15) is 12.6 Å². The quantitative estimate of drug-likeness (QED) is 0.830. The first-order chi connectivity index (χ1) is 8.77. The van der Waals surface area contributed by atoms with Crippen LogP contribution in [0.1, 0.15) is 31.2 Å². The van der Waals surface area contributed by atoms with Crippen LogP contribution in [0.15, 0.2) is 30.3 Å². The van der Waals surface area contributed by atoms with Crippen LogP contribution in [-0.4, -0.2) is 18.6 Å². The molecule has 1 aromatic rings. The fraction of sp³-hybridized carbons (Fsp3) is 0.533. The smallest absolute Gasteiger partial charge is 0.323 e. The van der Waals surface area contributed by atoms with Gasteiger partial charge in [0.05, 0.1) is 0 Å². The largest absolute Gasteiger partial charge is 0.460 e. The Balaban J connectivity index is 1.52. The Hall–Kier alpha value is -1.35. The summed E-state index contributed by atoms with van der Waals surface area (Å²) in [5.41, 5.74) is 1.52. The number of nitrogens with one attached hydrogen (secondary N) is 1. The van der Waals surface area contributed by atoms with Gasteiger partial charge in [0, 0.05) is 0 Å². The summed E-state index contributed by atoms with van der Waals surface area (Å²) >= 11 is 0. The molecule has 1 N–H and O–H groups in total. The van der Waals surface area contributed by atoms with Gasteiger partial charge in [-0.2, -0.15) is 0 Å².